The maximum absolute atomic E-state index is 13.4. The highest BCUT2D eigenvalue weighted by molar-refractivity contribution is 6.35. The van der Waals surface area contributed by atoms with E-state index in [4.69, 9.17) is 27.9 Å². The van der Waals surface area contributed by atoms with Gasteiger partial charge in [-0.2, -0.15) is 0 Å². The SMILES string of the molecule is CCCCNC(=O)C(CC)N(Cc1ccc(Cl)cc1Cl)C(=O)COc1ccccc1C(C)C. The average Bonchev–Trinajstić information content (AvgIpc) is 2.79. The lowest BCUT2D eigenvalue weighted by Crippen LogP contribution is -2.50. The fourth-order valence-electron chi connectivity index (χ4n) is 3.57. The Bertz CT molecular complexity index is 934. The monoisotopic (exact) mass is 492 g/mol. The Kier molecular flexibility index (Phi) is 11.0. The minimum absolute atomic E-state index is 0.173. The number of rotatable bonds is 12. The number of ether oxygens (including phenoxy) is 1. The zero-order valence-electron chi connectivity index (χ0n) is 19.9. The molecule has 33 heavy (non-hydrogen) atoms. The van der Waals surface area contributed by atoms with Gasteiger partial charge in [-0.25, -0.2) is 0 Å². The maximum Gasteiger partial charge on any atom is 0.261 e. The summed E-state index contributed by atoms with van der Waals surface area (Å²) in [5.41, 5.74) is 1.75. The Balaban J connectivity index is 2.26. The van der Waals surface area contributed by atoms with Crippen molar-refractivity contribution >= 4 is 35.0 Å². The molecule has 2 rings (SSSR count). The molecule has 7 heteroatoms. The van der Waals surface area contributed by atoms with Gasteiger partial charge in [0, 0.05) is 23.1 Å². The smallest absolute Gasteiger partial charge is 0.261 e. The van der Waals surface area contributed by atoms with Crippen molar-refractivity contribution in [3.05, 3.63) is 63.6 Å². The highest BCUT2D eigenvalue weighted by Gasteiger charge is 2.29. The molecule has 0 spiro atoms. The van der Waals surface area contributed by atoms with E-state index in [2.05, 4.69) is 26.1 Å². The Morgan fingerprint density at radius 2 is 1.82 bits per heavy atom. The van der Waals surface area contributed by atoms with Crippen molar-refractivity contribution in [1.29, 1.82) is 0 Å². The third-order valence-corrected chi connectivity index (χ3v) is 6.05. The van der Waals surface area contributed by atoms with E-state index in [0.717, 1.165) is 24.0 Å². The van der Waals surface area contributed by atoms with Gasteiger partial charge in [-0.05, 0) is 48.1 Å². The molecule has 180 valence electrons. The van der Waals surface area contributed by atoms with Crippen LogP contribution in [0.3, 0.4) is 0 Å². The number of para-hydroxylation sites is 1. The standard InChI is InChI=1S/C26H34Cl2N2O3/c1-5-7-14-29-26(32)23(6-2)30(16-19-12-13-20(27)15-22(19)28)25(31)17-33-24-11-9-8-10-21(24)18(3)4/h8-13,15,18,23H,5-7,14,16-17H2,1-4H3,(H,29,32). The van der Waals surface area contributed by atoms with E-state index in [1.807, 2.05) is 31.2 Å². The molecule has 2 aromatic carbocycles. The van der Waals surface area contributed by atoms with Crippen LogP contribution in [-0.4, -0.2) is 35.9 Å². The number of nitrogens with zero attached hydrogens (tertiary/aromatic N) is 1. The first kappa shape index (κ1) is 27.0. The summed E-state index contributed by atoms with van der Waals surface area (Å²) in [6.07, 6.45) is 2.33. The van der Waals surface area contributed by atoms with E-state index in [1.54, 1.807) is 23.1 Å². The first-order valence-corrected chi connectivity index (χ1v) is 12.3. The van der Waals surface area contributed by atoms with Gasteiger partial charge in [0.15, 0.2) is 6.61 Å². The molecule has 0 heterocycles. The molecule has 0 saturated heterocycles. The highest BCUT2D eigenvalue weighted by atomic mass is 35.5. The van der Waals surface area contributed by atoms with Gasteiger partial charge in [0.2, 0.25) is 5.91 Å². The maximum atomic E-state index is 13.4. The summed E-state index contributed by atoms with van der Waals surface area (Å²) in [4.78, 5) is 27.9. The number of amides is 2. The molecule has 0 aromatic heterocycles. The average molecular weight is 493 g/mol. The van der Waals surface area contributed by atoms with Gasteiger partial charge >= 0.3 is 0 Å². The third kappa shape index (κ3) is 7.94. The number of unbranched alkanes of at least 4 members (excludes halogenated alkanes) is 1. The van der Waals surface area contributed by atoms with Crippen LogP contribution in [0, 0.1) is 0 Å². The largest absolute Gasteiger partial charge is 0.483 e. The van der Waals surface area contributed by atoms with Crippen LogP contribution in [0.5, 0.6) is 5.75 Å². The molecule has 0 bridgehead atoms. The molecule has 0 aliphatic carbocycles. The number of carbonyl (C=O) groups excluding carboxylic acids is 2. The number of carbonyl (C=O) groups is 2. The van der Waals surface area contributed by atoms with Crippen molar-refractivity contribution in [3.63, 3.8) is 0 Å². The lowest BCUT2D eigenvalue weighted by Gasteiger charge is -2.31. The van der Waals surface area contributed by atoms with Crippen LogP contribution in [0.4, 0.5) is 0 Å². The van der Waals surface area contributed by atoms with Crippen LogP contribution >= 0.6 is 23.2 Å². The van der Waals surface area contributed by atoms with Crippen LogP contribution in [0.15, 0.2) is 42.5 Å². The molecule has 2 aromatic rings. The van der Waals surface area contributed by atoms with Crippen molar-refractivity contribution in [3.8, 4) is 5.75 Å². The lowest BCUT2D eigenvalue weighted by atomic mass is 10.0. The number of halogens is 2. The fraction of sp³-hybridized carbons (Fsp3) is 0.462. The van der Waals surface area contributed by atoms with Crippen LogP contribution in [0.1, 0.15) is 64.0 Å². The molecule has 5 nitrogen and oxygen atoms in total. The molecule has 0 fully saturated rings. The Labute approximate surface area is 207 Å². The van der Waals surface area contributed by atoms with Crippen molar-refractivity contribution in [2.75, 3.05) is 13.2 Å². The topological polar surface area (TPSA) is 58.6 Å². The molecule has 1 N–H and O–H groups in total. The van der Waals surface area contributed by atoms with Gasteiger partial charge in [0.05, 0.1) is 0 Å². The van der Waals surface area contributed by atoms with Crippen molar-refractivity contribution < 1.29 is 14.3 Å². The van der Waals surface area contributed by atoms with E-state index >= 15 is 0 Å². The predicted octanol–water partition coefficient (Wildman–Crippen LogP) is 6.22. The van der Waals surface area contributed by atoms with E-state index < -0.39 is 6.04 Å². The minimum atomic E-state index is -0.634. The van der Waals surface area contributed by atoms with Gasteiger partial charge in [0.25, 0.3) is 5.91 Å². The Morgan fingerprint density at radius 1 is 1.09 bits per heavy atom. The lowest BCUT2D eigenvalue weighted by molar-refractivity contribution is -0.143. The summed E-state index contributed by atoms with van der Waals surface area (Å²) in [6, 6.07) is 12.2. The van der Waals surface area contributed by atoms with Crippen LogP contribution in [-0.2, 0) is 16.1 Å². The molecular formula is C26H34Cl2N2O3. The Hall–Kier alpha value is -2.24. The first-order chi connectivity index (χ1) is 15.8. The molecule has 1 unspecified atom stereocenters. The van der Waals surface area contributed by atoms with E-state index in [1.165, 1.54) is 0 Å². The number of benzene rings is 2. The van der Waals surface area contributed by atoms with E-state index in [-0.39, 0.29) is 30.9 Å². The summed E-state index contributed by atoms with van der Waals surface area (Å²) < 4.78 is 5.92. The van der Waals surface area contributed by atoms with Crippen LogP contribution in [0.2, 0.25) is 10.0 Å². The zero-order chi connectivity index (χ0) is 24.4. The molecule has 0 aliphatic rings. The number of hydrogen-bond donors (Lipinski definition) is 1. The van der Waals surface area contributed by atoms with E-state index in [0.29, 0.717) is 28.8 Å². The fourth-order valence-corrected chi connectivity index (χ4v) is 4.04. The molecular weight excluding hydrogens is 459 g/mol. The second-order valence-corrected chi connectivity index (χ2v) is 9.15. The van der Waals surface area contributed by atoms with Gasteiger partial charge in [-0.3, -0.25) is 9.59 Å². The van der Waals surface area contributed by atoms with Crippen LogP contribution < -0.4 is 10.1 Å². The normalized spacial score (nSPS) is 11.8. The summed E-state index contributed by atoms with van der Waals surface area (Å²) in [7, 11) is 0. The summed E-state index contributed by atoms with van der Waals surface area (Å²) in [5.74, 6) is 0.475. The molecule has 1 atom stereocenters. The van der Waals surface area contributed by atoms with Crippen molar-refractivity contribution in [1.82, 2.24) is 10.2 Å². The minimum Gasteiger partial charge on any atom is -0.483 e. The molecule has 0 radical (unpaired) electrons. The highest BCUT2D eigenvalue weighted by Crippen LogP contribution is 2.27. The summed E-state index contributed by atoms with van der Waals surface area (Å²) in [6.45, 7) is 8.70. The van der Waals surface area contributed by atoms with Gasteiger partial charge < -0.3 is 15.0 Å². The van der Waals surface area contributed by atoms with Crippen molar-refractivity contribution in [2.24, 2.45) is 0 Å². The quantitative estimate of drug-likeness (QED) is 0.357. The zero-order valence-corrected chi connectivity index (χ0v) is 21.4. The van der Waals surface area contributed by atoms with Crippen LogP contribution in [0.25, 0.3) is 0 Å². The molecule has 0 saturated carbocycles. The van der Waals surface area contributed by atoms with Crippen molar-refractivity contribution in [2.45, 2.75) is 65.5 Å². The predicted molar refractivity (Wildman–Crippen MR) is 135 cm³/mol. The molecule has 2 amide bonds. The first-order valence-electron chi connectivity index (χ1n) is 11.5. The van der Waals surface area contributed by atoms with Gasteiger partial charge in [-0.1, -0.05) is 81.6 Å². The second-order valence-electron chi connectivity index (χ2n) is 8.31. The second kappa shape index (κ2) is 13.5. The molecule has 0 aliphatic heterocycles. The number of hydrogen-bond acceptors (Lipinski definition) is 3. The third-order valence-electron chi connectivity index (χ3n) is 5.46. The van der Waals surface area contributed by atoms with E-state index in [9.17, 15) is 9.59 Å². The Morgan fingerprint density at radius 3 is 2.45 bits per heavy atom. The van der Waals surface area contributed by atoms with Gasteiger partial charge in [-0.15, -0.1) is 0 Å². The summed E-state index contributed by atoms with van der Waals surface area (Å²) >= 11 is 12.4. The summed E-state index contributed by atoms with van der Waals surface area (Å²) in [5, 5.41) is 3.91. The van der Waals surface area contributed by atoms with Gasteiger partial charge in [0.1, 0.15) is 11.8 Å². The number of nitrogens with one attached hydrogen (secondary N) is 1.